The minimum absolute atomic E-state index is 0.0169. The first-order chi connectivity index (χ1) is 14.4. The lowest BCUT2D eigenvalue weighted by atomic mass is 10.1. The van der Waals surface area contributed by atoms with E-state index in [0.29, 0.717) is 36.5 Å². The highest BCUT2D eigenvalue weighted by atomic mass is 16.4. The molecule has 0 unspecified atom stereocenters. The molecule has 0 atom stereocenters. The zero-order chi connectivity index (χ0) is 21.5. The summed E-state index contributed by atoms with van der Waals surface area (Å²) in [6, 6.07) is 8.25. The van der Waals surface area contributed by atoms with E-state index in [9.17, 15) is 14.4 Å². The van der Waals surface area contributed by atoms with Crippen molar-refractivity contribution in [3.05, 3.63) is 70.4 Å². The van der Waals surface area contributed by atoms with E-state index in [2.05, 4.69) is 20.8 Å². The number of hydrogen-bond donors (Lipinski definition) is 3. The molecule has 0 aliphatic heterocycles. The van der Waals surface area contributed by atoms with E-state index in [-0.39, 0.29) is 17.8 Å². The predicted molar refractivity (Wildman–Crippen MR) is 110 cm³/mol. The first-order valence-electron chi connectivity index (χ1n) is 9.36. The molecule has 0 radical (unpaired) electrons. The van der Waals surface area contributed by atoms with Gasteiger partial charge in [-0.3, -0.25) is 19.6 Å². The van der Waals surface area contributed by atoms with Crippen molar-refractivity contribution in [3.8, 4) is 5.69 Å². The summed E-state index contributed by atoms with van der Waals surface area (Å²) in [5.41, 5.74) is 2.00. The highest BCUT2D eigenvalue weighted by Crippen LogP contribution is 2.13. The van der Waals surface area contributed by atoms with E-state index < -0.39 is 6.09 Å². The van der Waals surface area contributed by atoms with E-state index in [1.807, 2.05) is 0 Å². The number of benzene rings is 1. The van der Waals surface area contributed by atoms with E-state index in [0.717, 1.165) is 5.56 Å². The maximum absolute atomic E-state index is 12.3. The average molecular weight is 410 g/mol. The number of aromatic nitrogens is 4. The molecule has 0 saturated carbocycles. The van der Waals surface area contributed by atoms with Gasteiger partial charge in [0.05, 0.1) is 12.4 Å². The number of hydrogen-bond acceptors (Lipinski definition) is 5. The third-order valence-corrected chi connectivity index (χ3v) is 4.38. The molecule has 0 bridgehead atoms. The Balaban J connectivity index is 1.74. The second-order valence-electron chi connectivity index (χ2n) is 6.62. The monoisotopic (exact) mass is 410 g/mol. The molecule has 3 rings (SSSR count). The van der Waals surface area contributed by atoms with Gasteiger partial charge in [0, 0.05) is 44.4 Å². The van der Waals surface area contributed by atoms with Crippen LogP contribution in [0.5, 0.6) is 0 Å². The molecule has 30 heavy (non-hydrogen) atoms. The van der Waals surface area contributed by atoms with E-state index in [1.54, 1.807) is 59.3 Å². The molecule has 0 aliphatic carbocycles. The minimum atomic E-state index is -1.15. The maximum Gasteiger partial charge on any atom is 0.409 e. The SMILES string of the molecule is CNC(=O)CCCn1cc(-n2ccc(=O)c(Cc3cccc(NC(=O)O)c3)n2)cn1. The number of anilines is 1. The molecule has 3 aromatic rings. The van der Waals surface area contributed by atoms with Gasteiger partial charge in [-0.1, -0.05) is 12.1 Å². The molecular formula is C20H22N6O4. The van der Waals surface area contributed by atoms with Crippen LogP contribution in [-0.4, -0.2) is 43.7 Å². The highest BCUT2D eigenvalue weighted by molar-refractivity contribution is 5.82. The van der Waals surface area contributed by atoms with Crippen molar-refractivity contribution in [1.82, 2.24) is 24.9 Å². The molecule has 1 aromatic carbocycles. The van der Waals surface area contributed by atoms with Crippen LogP contribution in [0.1, 0.15) is 24.1 Å². The molecule has 10 heteroatoms. The summed E-state index contributed by atoms with van der Waals surface area (Å²) in [6.45, 7) is 0.587. The molecule has 0 saturated heterocycles. The summed E-state index contributed by atoms with van der Waals surface area (Å²) in [7, 11) is 1.60. The molecule has 3 N–H and O–H groups in total. The van der Waals surface area contributed by atoms with Gasteiger partial charge in [-0.25, -0.2) is 9.48 Å². The third-order valence-electron chi connectivity index (χ3n) is 4.38. The first kappa shape index (κ1) is 20.8. The Morgan fingerprint density at radius 1 is 1.23 bits per heavy atom. The number of carbonyl (C=O) groups excluding carboxylic acids is 1. The number of carboxylic acid groups (broad SMARTS) is 1. The van der Waals surface area contributed by atoms with Crippen LogP contribution in [0.3, 0.4) is 0 Å². The summed E-state index contributed by atoms with van der Waals surface area (Å²) >= 11 is 0. The van der Waals surface area contributed by atoms with Gasteiger partial charge in [0.2, 0.25) is 11.3 Å². The van der Waals surface area contributed by atoms with Gasteiger partial charge in [-0.15, -0.1) is 0 Å². The first-order valence-corrected chi connectivity index (χ1v) is 9.36. The van der Waals surface area contributed by atoms with Crippen molar-refractivity contribution >= 4 is 17.7 Å². The van der Waals surface area contributed by atoms with Crippen LogP contribution in [0, 0.1) is 0 Å². The lowest BCUT2D eigenvalue weighted by Crippen LogP contribution is -2.17. The van der Waals surface area contributed by atoms with E-state index in [1.165, 1.54) is 6.07 Å². The molecule has 10 nitrogen and oxygen atoms in total. The quantitative estimate of drug-likeness (QED) is 0.517. The Morgan fingerprint density at radius 3 is 2.83 bits per heavy atom. The summed E-state index contributed by atoms with van der Waals surface area (Å²) in [4.78, 5) is 34.4. The van der Waals surface area contributed by atoms with Crippen LogP contribution < -0.4 is 16.1 Å². The number of aryl methyl sites for hydroxylation is 1. The van der Waals surface area contributed by atoms with Crippen molar-refractivity contribution in [2.75, 3.05) is 12.4 Å². The molecule has 0 spiro atoms. The smallest absolute Gasteiger partial charge is 0.409 e. The zero-order valence-corrected chi connectivity index (χ0v) is 16.4. The van der Waals surface area contributed by atoms with Gasteiger partial charge >= 0.3 is 6.09 Å². The van der Waals surface area contributed by atoms with Gasteiger partial charge in [-0.05, 0) is 24.1 Å². The van der Waals surface area contributed by atoms with Gasteiger partial charge in [0.25, 0.3) is 0 Å². The summed E-state index contributed by atoms with van der Waals surface area (Å²) < 4.78 is 3.29. The van der Waals surface area contributed by atoms with Crippen LogP contribution in [-0.2, 0) is 17.8 Å². The predicted octanol–water partition coefficient (Wildman–Crippen LogP) is 1.64. The van der Waals surface area contributed by atoms with E-state index >= 15 is 0 Å². The van der Waals surface area contributed by atoms with Gasteiger partial charge in [0.1, 0.15) is 11.4 Å². The molecule has 2 amide bonds. The van der Waals surface area contributed by atoms with Crippen LogP contribution >= 0.6 is 0 Å². The van der Waals surface area contributed by atoms with E-state index in [4.69, 9.17) is 5.11 Å². The number of carbonyl (C=O) groups is 2. The topological polar surface area (TPSA) is 131 Å². The van der Waals surface area contributed by atoms with Crippen molar-refractivity contribution in [1.29, 1.82) is 0 Å². The lowest BCUT2D eigenvalue weighted by Gasteiger charge is -2.07. The Bertz CT molecular complexity index is 1100. The highest BCUT2D eigenvalue weighted by Gasteiger charge is 2.09. The average Bonchev–Trinajstić information content (AvgIpc) is 3.18. The molecule has 2 heterocycles. The van der Waals surface area contributed by atoms with Crippen LogP contribution in [0.25, 0.3) is 5.69 Å². The second kappa shape index (κ2) is 9.50. The fourth-order valence-electron chi connectivity index (χ4n) is 2.91. The van der Waals surface area contributed by atoms with Crippen molar-refractivity contribution in [3.63, 3.8) is 0 Å². The normalized spacial score (nSPS) is 10.6. The molecule has 156 valence electrons. The maximum atomic E-state index is 12.3. The number of amides is 2. The second-order valence-corrected chi connectivity index (χ2v) is 6.62. The Hall–Kier alpha value is -3.95. The largest absolute Gasteiger partial charge is 0.465 e. The fourth-order valence-corrected chi connectivity index (χ4v) is 2.91. The Morgan fingerprint density at radius 2 is 2.07 bits per heavy atom. The van der Waals surface area contributed by atoms with Gasteiger partial charge in [0.15, 0.2) is 0 Å². The van der Waals surface area contributed by atoms with Crippen molar-refractivity contribution in [2.45, 2.75) is 25.8 Å². The lowest BCUT2D eigenvalue weighted by molar-refractivity contribution is -0.120. The van der Waals surface area contributed by atoms with Crippen LogP contribution in [0.2, 0.25) is 0 Å². The van der Waals surface area contributed by atoms with Gasteiger partial charge < -0.3 is 10.4 Å². The number of rotatable bonds is 8. The number of nitrogens with one attached hydrogen (secondary N) is 2. The Kier molecular flexibility index (Phi) is 6.58. The standard InChI is InChI=1S/C20H22N6O4/c1-21-19(28)6-3-8-25-13-16(12-22-25)26-9-7-18(27)17(24-26)11-14-4-2-5-15(10-14)23-20(29)30/h2,4-5,7,9-10,12-13,23H,3,6,8,11H2,1H3,(H,21,28)(H,29,30). The summed E-state index contributed by atoms with van der Waals surface area (Å²) in [5.74, 6) is -0.0169. The molecule has 2 aromatic heterocycles. The van der Waals surface area contributed by atoms with Crippen molar-refractivity contribution < 1.29 is 14.7 Å². The zero-order valence-electron chi connectivity index (χ0n) is 16.4. The van der Waals surface area contributed by atoms with Crippen LogP contribution in [0.4, 0.5) is 10.5 Å². The van der Waals surface area contributed by atoms with Crippen molar-refractivity contribution in [2.24, 2.45) is 0 Å². The summed E-state index contributed by atoms with van der Waals surface area (Å²) in [5, 5.41) is 22.4. The van der Waals surface area contributed by atoms with Gasteiger partial charge in [-0.2, -0.15) is 10.2 Å². The molecule has 0 aliphatic rings. The van der Waals surface area contributed by atoms with Crippen LogP contribution in [0.15, 0.2) is 53.7 Å². The summed E-state index contributed by atoms with van der Waals surface area (Å²) in [6.07, 6.45) is 5.18. The number of nitrogens with zero attached hydrogens (tertiary/aromatic N) is 4. The minimum Gasteiger partial charge on any atom is -0.465 e. The molecule has 0 fully saturated rings. The third kappa shape index (κ3) is 5.53. The molecular weight excluding hydrogens is 388 g/mol. The fraction of sp³-hybridized carbons (Fsp3) is 0.250. The Labute approximate surface area is 172 Å².